The summed E-state index contributed by atoms with van der Waals surface area (Å²) in [6.45, 7) is 7.63. The topological polar surface area (TPSA) is 156 Å². The predicted molar refractivity (Wildman–Crippen MR) is 172 cm³/mol. The Morgan fingerprint density at radius 3 is 2.53 bits per heavy atom. The molecule has 0 bridgehead atoms. The summed E-state index contributed by atoms with van der Waals surface area (Å²) in [7, 11) is 3.05. The first-order valence-electron chi connectivity index (χ1n) is 14.9. The van der Waals surface area contributed by atoms with Gasteiger partial charge in [-0.3, -0.25) is 10.1 Å². The van der Waals surface area contributed by atoms with Crippen molar-refractivity contribution in [2.45, 2.75) is 58.3 Å². The largest absolute Gasteiger partial charge is 0.496 e. The van der Waals surface area contributed by atoms with E-state index in [1.54, 1.807) is 58.2 Å². The number of fused-ring (bicyclic) bond motifs is 1. The number of nitrogens with zero attached hydrogens (tertiary/aromatic N) is 1. The van der Waals surface area contributed by atoms with Crippen molar-refractivity contribution < 1.29 is 42.9 Å². The molecule has 4 rings (SSSR count). The van der Waals surface area contributed by atoms with Gasteiger partial charge in [0.15, 0.2) is 6.04 Å². The molecule has 0 aliphatic carbocycles. The van der Waals surface area contributed by atoms with Crippen molar-refractivity contribution in [1.29, 1.82) is 0 Å². The van der Waals surface area contributed by atoms with Crippen LogP contribution in [0.25, 0.3) is 0 Å². The second-order valence-corrected chi connectivity index (χ2v) is 12.3. The van der Waals surface area contributed by atoms with Gasteiger partial charge in [-0.25, -0.2) is 18.8 Å². The number of ether oxygens (including phenoxy) is 3. The molecule has 2 atom stereocenters. The maximum absolute atomic E-state index is 14.8. The number of hydrogen-bond donors (Lipinski definition) is 4. The van der Waals surface area contributed by atoms with Gasteiger partial charge in [-0.2, -0.15) is 0 Å². The van der Waals surface area contributed by atoms with Crippen molar-refractivity contribution in [3.8, 4) is 5.75 Å². The van der Waals surface area contributed by atoms with Gasteiger partial charge >= 0.3 is 18.2 Å². The number of aliphatic carboxylic acids is 1. The molecule has 1 aliphatic rings. The fourth-order valence-corrected chi connectivity index (χ4v) is 4.98. The van der Waals surface area contributed by atoms with E-state index in [9.17, 15) is 28.7 Å². The molecular weight excluding hydrogens is 611 g/mol. The molecule has 0 fully saturated rings. The summed E-state index contributed by atoms with van der Waals surface area (Å²) in [4.78, 5) is 50.6. The lowest BCUT2D eigenvalue weighted by Crippen LogP contribution is -2.33. The van der Waals surface area contributed by atoms with Crippen molar-refractivity contribution in [3.63, 3.8) is 0 Å². The normalized spacial score (nSPS) is 13.5. The first kappa shape index (κ1) is 34.5. The van der Waals surface area contributed by atoms with Crippen molar-refractivity contribution in [2.75, 3.05) is 31.4 Å². The van der Waals surface area contributed by atoms with E-state index >= 15 is 0 Å². The van der Waals surface area contributed by atoms with Crippen LogP contribution in [0.4, 0.5) is 25.4 Å². The van der Waals surface area contributed by atoms with E-state index in [4.69, 9.17) is 14.2 Å². The third-order valence-corrected chi connectivity index (χ3v) is 7.31. The number of carbonyl (C=O) groups is 4. The van der Waals surface area contributed by atoms with E-state index in [-0.39, 0.29) is 48.3 Å². The molecule has 3 aromatic rings. The fraction of sp³-hybridized carbons (Fsp3) is 0.353. The number of rotatable bonds is 11. The van der Waals surface area contributed by atoms with Gasteiger partial charge in [0.25, 0.3) is 5.91 Å². The molecular formula is C34H39FN4O8. The number of halogens is 1. The summed E-state index contributed by atoms with van der Waals surface area (Å²) in [5.41, 5.74) is 2.22. The van der Waals surface area contributed by atoms with Crippen LogP contribution in [0.3, 0.4) is 0 Å². The summed E-state index contributed by atoms with van der Waals surface area (Å²) in [6.07, 6.45) is -1.16. The molecule has 12 nitrogen and oxygen atoms in total. The molecule has 1 heterocycles. The Balaban J connectivity index is 1.38. The molecule has 0 radical (unpaired) electrons. The Hall–Kier alpha value is -5.33. The number of carboxylic acids is 1. The van der Waals surface area contributed by atoms with Crippen LogP contribution in [0, 0.1) is 5.82 Å². The van der Waals surface area contributed by atoms with Gasteiger partial charge in [0.1, 0.15) is 17.2 Å². The Bertz CT molecular complexity index is 1670. The Morgan fingerprint density at radius 1 is 1.11 bits per heavy atom. The van der Waals surface area contributed by atoms with Gasteiger partial charge in [-0.05, 0) is 67.8 Å². The summed E-state index contributed by atoms with van der Waals surface area (Å²) >= 11 is 0. The fourth-order valence-electron chi connectivity index (χ4n) is 4.98. The Labute approximate surface area is 272 Å². The van der Waals surface area contributed by atoms with Gasteiger partial charge in [0, 0.05) is 42.9 Å². The quantitative estimate of drug-likeness (QED) is 0.195. The molecule has 0 saturated carbocycles. The van der Waals surface area contributed by atoms with E-state index in [2.05, 4.69) is 16.0 Å². The van der Waals surface area contributed by atoms with E-state index in [1.807, 2.05) is 13.0 Å². The number of benzene rings is 3. The minimum atomic E-state index is -1.35. The minimum absolute atomic E-state index is 0.0222. The second kappa shape index (κ2) is 14.4. The molecule has 47 heavy (non-hydrogen) atoms. The first-order valence-corrected chi connectivity index (χ1v) is 14.9. The van der Waals surface area contributed by atoms with Crippen LogP contribution in [0.15, 0.2) is 54.6 Å². The van der Waals surface area contributed by atoms with Gasteiger partial charge < -0.3 is 34.9 Å². The molecule has 0 spiro atoms. The smallest absolute Gasteiger partial charge is 0.411 e. The second-order valence-electron chi connectivity index (χ2n) is 12.3. The average Bonchev–Trinajstić information content (AvgIpc) is 3.36. The van der Waals surface area contributed by atoms with Crippen molar-refractivity contribution >= 4 is 35.4 Å². The lowest BCUT2D eigenvalue weighted by atomic mass is 9.96. The van der Waals surface area contributed by atoms with E-state index in [0.717, 1.165) is 5.56 Å². The predicted octanol–water partition coefficient (Wildman–Crippen LogP) is 6.03. The van der Waals surface area contributed by atoms with E-state index < -0.39 is 35.6 Å². The Morgan fingerprint density at radius 2 is 1.85 bits per heavy atom. The zero-order chi connectivity index (χ0) is 34.5. The highest BCUT2D eigenvalue weighted by molar-refractivity contribution is 5.99. The molecule has 3 aromatic carbocycles. The standard InChI is InChI=1S/C34H39FN4O8/c1-19(18-46-32(43)37-23-9-7-8-20(12-23)17-39(5)33(44)47-34(2,3)4)24-11-10-21(14-28(24)45-6)29(31(41)42)38-27-15-25-22(13-26(27)35)16-36-30(25)40/h7-15,19,29,38H,16-18H2,1-6H3,(H,36,40)(H,37,43)(H,41,42)/t19-,29?/m0/s1. The summed E-state index contributed by atoms with van der Waals surface area (Å²) in [6, 6.07) is 12.9. The zero-order valence-corrected chi connectivity index (χ0v) is 27.1. The van der Waals surface area contributed by atoms with Crippen LogP contribution in [-0.2, 0) is 27.4 Å². The maximum Gasteiger partial charge on any atom is 0.411 e. The van der Waals surface area contributed by atoms with Crippen molar-refractivity contribution in [1.82, 2.24) is 10.2 Å². The lowest BCUT2D eigenvalue weighted by molar-refractivity contribution is -0.138. The number of amides is 3. The molecule has 1 unspecified atom stereocenters. The number of hydrogen-bond acceptors (Lipinski definition) is 8. The summed E-state index contributed by atoms with van der Waals surface area (Å²) in [5.74, 6) is -2.30. The number of anilines is 2. The van der Waals surface area contributed by atoms with E-state index in [1.165, 1.54) is 30.2 Å². The van der Waals surface area contributed by atoms with Crippen LogP contribution in [0.1, 0.15) is 72.3 Å². The Kier molecular flexibility index (Phi) is 10.6. The minimum Gasteiger partial charge on any atom is -0.496 e. The first-order chi connectivity index (χ1) is 22.1. The number of carbonyl (C=O) groups excluding carboxylic acids is 3. The third-order valence-electron chi connectivity index (χ3n) is 7.31. The average molecular weight is 651 g/mol. The zero-order valence-electron chi connectivity index (χ0n) is 27.1. The van der Waals surface area contributed by atoms with Crippen LogP contribution < -0.4 is 20.7 Å². The molecule has 3 amide bonds. The van der Waals surface area contributed by atoms with Crippen LogP contribution in [-0.4, -0.2) is 60.4 Å². The number of nitrogens with one attached hydrogen (secondary N) is 3. The number of carboxylic acid groups (broad SMARTS) is 1. The van der Waals surface area contributed by atoms with Gasteiger partial charge in [0.2, 0.25) is 0 Å². The van der Waals surface area contributed by atoms with Crippen molar-refractivity contribution in [2.24, 2.45) is 0 Å². The molecule has 1 aliphatic heterocycles. The van der Waals surface area contributed by atoms with Gasteiger partial charge in [0.05, 0.1) is 19.4 Å². The van der Waals surface area contributed by atoms with Crippen molar-refractivity contribution in [3.05, 3.63) is 88.2 Å². The highest BCUT2D eigenvalue weighted by Crippen LogP contribution is 2.33. The summed E-state index contributed by atoms with van der Waals surface area (Å²) in [5, 5.41) is 17.9. The molecule has 13 heteroatoms. The summed E-state index contributed by atoms with van der Waals surface area (Å²) < 4.78 is 31.2. The third kappa shape index (κ3) is 8.90. The monoisotopic (exact) mass is 650 g/mol. The molecule has 0 aromatic heterocycles. The number of methoxy groups -OCH3 is 1. The molecule has 4 N–H and O–H groups in total. The maximum atomic E-state index is 14.8. The molecule has 0 saturated heterocycles. The molecule has 250 valence electrons. The lowest BCUT2D eigenvalue weighted by Gasteiger charge is -2.24. The van der Waals surface area contributed by atoms with Crippen LogP contribution in [0.2, 0.25) is 0 Å². The van der Waals surface area contributed by atoms with Crippen LogP contribution in [0.5, 0.6) is 5.75 Å². The van der Waals surface area contributed by atoms with Gasteiger partial charge in [-0.15, -0.1) is 0 Å². The SMILES string of the molecule is COc1cc(C(Nc2cc3c(cc2F)CNC3=O)C(=O)O)ccc1[C@@H](C)COC(=O)Nc1cccc(CN(C)C(=O)OC(C)(C)C)c1. The highest BCUT2D eigenvalue weighted by Gasteiger charge is 2.27. The van der Waals surface area contributed by atoms with Gasteiger partial charge in [-0.1, -0.05) is 31.2 Å². The van der Waals surface area contributed by atoms with Crippen LogP contribution >= 0.6 is 0 Å². The highest BCUT2D eigenvalue weighted by atomic mass is 19.1. The van der Waals surface area contributed by atoms with E-state index in [0.29, 0.717) is 22.6 Å².